The van der Waals surface area contributed by atoms with Crippen molar-refractivity contribution in [3.63, 3.8) is 0 Å². The Hall–Kier alpha value is -0.180. The summed E-state index contributed by atoms with van der Waals surface area (Å²) in [5.41, 5.74) is 0. The van der Waals surface area contributed by atoms with E-state index in [0.29, 0.717) is 0 Å². The summed E-state index contributed by atoms with van der Waals surface area (Å²) in [5, 5.41) is 2.58. The second-order valence-corrected chi connectivity index (χ2v) is 2.66. The third kappa shape index (κ3) is 5.82. The monoisotopic (exact) mass is 133 g/mol. The van der Waals surface area contributed by atoms with Crippen LogP contribution in [-0.4, -0.2) is 24.5 Å². The molecule has 0 atom stereocenters. The SMILES string of the molecule is CCSCCNC=O. The Morgan fingerprint density at radius 1 is 1.75 bits per heavy atom. The average molecular weight is 133 g/mol. The summed E-state index contributed by atoms with van der Waals surface area (Å²) in [4.78, 5) is 9.65. The largest absolute Gasteiger partial charge is 0.358 e. The predicted octanol–water partition coefficient (Wildman–Crippen LogP) is 0.485. The van der Waals surface area contributed by atoms with Gasteiger partial charge < -0.3 is 5.32 Å². The van der Waals surface area contributed by atoms with E-state index >= 15 is 0 Å². The fraction of sp³-hybridized carbons (Fsp3) is 0.800. The van der Waals surface area contributed by atoms with Crippen LogP contribution in [0.4, 0.5) is 0 Å². The molecule has 0 aromatic carbocycles. The minimum atomic E-state index is 0.732. The van der Waals surface area contributed by atoms with E-state index in [1.54, 1.807) is 0 Å². The lowest BCUT2D eigenvalue weighted by Crippen LogP contribution is -2.13. The van der Waals surface area contributed by atoms with E-state index in [1.807, 2.05) is 11.8 Å². The van der Waals surface area contributed by atoms with Crippen molar-refractivity contribution in [2.45, 2.75) is 6.92 Å². The van der Waals surface area contributed by atoms with Crippen molar-refractivity contribution in [2.75, 3.05) is 18.1 Å². The molecule has 0 fully saturated rings. The van der Waals surface area contributed by atoms with E-state index in [0.717, 1.165) is 24.5 Å². The second-order valence-electron chi connectivity index (χ2n) is 1.27. The van der Waals surface area contributed by atoms with Gasteiger partial charge in [0.15, 0.2) is 0 Å². The summed E-state index contributed by atoms with van der Waals surface area (Å²) in [6.45, 7) is 2.90. The van der Waals surface area contributed by atoms with E-state index < -0.39 is 0 Å². The van der Waals surface area contributed by atoms with Gasteiger partial charge in [0.2, 0.25) is 6.41 Å². The third-order valence-corrected chi connectivity index (χ3v) is 1.58. The number of rotatable bonds is 5. The first-order chi connectivity index (χ1) is 3.91. The van der Waals surface area contributed by atoms with Crippen LogP contribution in [0, 0.1) is 0 Å². The van der Waals surface area contributed by atoms with Crippen LogP contribution in [0.3, 0.4) is 0 Å². The molecule has 2 nitrogen and oxygen atoms in total. The zero-order valence-corrected chi connectivity index (χ0v) is 5.83. The molecular formula is C5H11NOS. The van der Waals surface area contributed by atoms with Gasteiger partial charge in [-0.3, -0.25) is 4.79 Å². The Morgan fingerprint density at radius 3 is 3.00 bits per heavy atom. The number of hydrogen-bond acceptors (Lipinski definition) is 2. The Labute approximate surface area is 54.0 Å². The van der Waals surface area contributed by atoms with Crippen molar-refractivity contribution in [3.8, 4) is 0 Å². The van der Waals surface area contributed by atoms with E-state index in [4.69, 9.17) is 0 Å². The van der Waals surface area contributed by atoms with Gasteiger partial charge in [-0.25, -0.2) is 0 Å². The zero-order chi connectivity index (χ0) is 6.24. The maximum atomic E-state index is 9.65. The molecule has 1 N–H and O–H groups in total. The van der Waals surface area contributed by atoms with Gasteiger partial charge in [-0.05, 0) is 5.75 Å². The number of thioether (sulfide) groups is 1. The summed E-state index contributed by atoms with van der Waals surface area (Å²) in [5.74, 6) is 2.15. The quantitative estimate of drug-likeness (QED) is 0.437. The Balaban J connectivity index is 2.62. The number of carbonyl (C=O) groups is 1. The highest BCUT2D eigenvalue weighted by Crippen LogP contribution is 1.94. The highest BCUT2D eigenvalue weighted by molar-refractivity contribution is 7.99. The summed E-state index contributed by atoms with van der Waals surface area (Å²) in [7, 11) is 0. The van der Waals surface area contributed by atoms with E-state index in [9.17, 15) is 4.79 Å². The minimum Gasteiger partial charge on any atom is -0.358 e. The molecule has 0 unspecified atom stereocenters. The number of carbonyl (C=O) groups excluding carboxylic acids is 1. The molecule has 8 heavy (non-hydrogen) atoms. The molecule has 48 valence electrons. The fourth-order valence-electron chi connectivity index (χ4n) is 0.334. The van der Waals surface area contributed by atoms with Crippen LogP contribution < -0.4 is 5.32 Å². The molecule has 0 bridgehead atoms. The van der Waals surface area contributed by atoms with Crippen LogP contribution >= 0.6 is 11.8 Å². The zero-order valence-electron chi connectivity index (χ0n) is 5.02. The van der Waals surface area contributed by atoms with E-state index in [-0.39, 0.29) is 0 Å². The van der Waals surface area contributed by atoms with Crippen LogP contribution in [0.1, 0.15) is 6.92 Å². The van der Waals surface area contributed by atoms with Gasteiger partial charge in [0, 0.05) is 12.3 Å². The van der Waals surface area contributed by atoms with E-state index in [2.05, 4.69) is 12.2 Å². The summed E-state index contributed by atoms with van der Waals surface area (Å²) in [6.07, 6.45) is 0.732. The third-order valence-electron chi connectivity index (χ3n) is 0.678. The normalized spacial score (nSPS) is 8.62. The van der Waals surface area contributed by atoms with Crippen LogP contribution in [0.25, 0.3) is 0 Å². The first-order valence-corrected chi connectivity index (χ1v) is 3.82. The molecule has 0 rings (SSSR count). The molecule has 0 aliphatic rings. The number of amides is 1. The van der Waals surface area contributed by atoms with Crippen molar-refractivity contribution in [1.82, 2.24) is 5.32 Å². The van der Waals surface area contributed by atoms with E-state index in [1.165, 1.54) is 0 Å². The lowest BCUT2D eigenvalue weighted by atomic mass is 10.8. The van der Waals surface area contributed by atoms with Gasteiger partial charge in [0.25, 0.3) is 0 Å². The second kappa shape index (κ2) is 6.82. The molecule has 0 aromatic rings. The molecule has 0 aliphatic carbocycles. The van der Waals surface area contributed by atoms with Crippen LogP contribution in [-0.2, 0) is 4.79 Å². The van der Waals surface area contributed by atoms with Crippen molar-refractivity contribution >= 4 is 18.2 Å². The fourth-order valence-corrected chi connectivity index (χ4v) is 0.885. The van der Waals surface area contributed by atoms with Crippen molar-refractivity contribution < 1.29 is 4.79 Å². The Bertz CT molecular complexity index is 58.4. The number of nitrogens with one attached hydrogen (secondary N) is 1. The van der Waals surface area contributed by atoms with Crippen molar-refractivity contribution in [3.05, 3.63) is 0 Å². The lowest BCUT2D eigenvalue weighted by Gasteiger charge is -1.94. The standard InChI is InChI=1S/C5H11NOS/c1-2-8-4-3-6-5-7/h5H,2-4H2,1H3,(H,6,7). The van der Waals surface area contributed by atoms with Gasteiger partial charge in [0.1, 0.15) is 0 Å². The Kier molecular flexibility index (Phi) is 6.67. The van der Waals surface area contributed by atoms with Crippen LogP contribution in [0.15, 0.2) is 0 Å². The lowest BCUT2D eigenvalue weighted by molar-refractivity contribution is -0.109. The summed E-state index contributed by atoms with van der Waals surface area (Å²) >= 11 is 1.83. The highest BCUT2D eigenvalue weighted by Gasteiger charge is 1.80. The smallest absolute Gasteiger partial charge is 0.207 e. The molecule has 0 saturated carbocycles. The van der Waals surface area contributed by atoms with Crippen LogP contribution in [0.2, 0.25) is 0 Å². The van der Waals surface area contributed by atoms with Gasteiger partial charge in [-0.15, -0.1) is 0 Å². The molecule has 0 heterocycles. The van der Waals surface area contributed by atoms with Crippen molar-refractivity contribution in [2.24, 2.45) is 0 Å². The predicted molar refractivity (Wildman–Crippen MR) is 37.1 cm³/mol. The summed E-state index contributed by atoms with van der Waals surface area (Å²) < 4.78 is 0. The summed E-state index contributed by atoms with van der Waals surface area (Å²) in [6, 6.07) is 0. The maximum Gasteiger partial charge on any atom is 0.207 e. The first kappa shape index (κ1) is 7.82. The minimum absolute atomic E-state index is 0.732. The molecular weight excluding hydrogens is 122 g/mol. The molecule has 1 amide bonds. The Morgan fingerprint density at radius 2 is 2.50 bits per heavy atom. The highest BCUT2D eigenvalue weighted by atomic mass is 32.2. The van der Waals surface area contributed by atoms with Gasteiger partial charge in [0.05, 0.1) is 0 Å². The molecule has 3 heteroatoms. The first-order valence-electron chi connectivity index (χ1n) is 2.66. The maximum absolute atomic E-state index is 9.65. The number of hydrogen-bond donors (Lipinski definition) is 1. The van der Waals surface area contributed by atoms with Crippen molar-refractivity contribution in [1.29, 1.82) is 0 Å². The molecule has 0 spiro atoms. The molecule has 0 radical (unpaired) electrons. The molecule has 0 aromatic heterocycles. The van der Waals surface area contributed by atoms with Gasteiger partial charge >= 0.3 is 0 Å². The topological polar surface area (TPSA) is 29.1 Å². The van der Waals surface area contributed by atoms with Crippen LogP contribution in [0.5, 0.6) is 0 Å². The molecule has 0 saturated heterocycles. The average Bonchev–Trinajstić information content (AvgIpc) is 1.81. The van der Waals surface area contributed by atoms with Gasteiger partial charge in [-0.2, -0.15) is 11.8 Å². The van der Waals surface area contributed by atoms with Gasteiger partial charge in [-0.1, -0.05) is 6.92 Å². The molecule has 0 aliphatic heterocycles.